The number of benzene rings is 2. The quantitative estimate of drug-likeness (QED) is 0.0688. The van der Waals surface area contributed by atoms with Crippen molar-refractivity contribution in [3.8, 4) is 0 Å². The number of carbonyl (C=O) groups is 3. The van der Waals surface area contributed by atoms with Gasteiger partial charge in [-0.25, -0.2) is 4.79 Å². The van der Waals surface area contributed by atoms with E-state index < -0.39 is 16.9 Å². The predicted octanol–water partition coefficient (Wildman–Crippen LogP) is 4.19. The second-order valence-corrected chi connectivity index (χ2v) is 10.1. The Bertz CT molecular complexity index is 1100. The predicted molar refractivity (Wildman–Crippen MR) is 141 cm³/mol. The molecule has 1 aliphatic heterocycles. The number of ketones is 1. The largest absolute Gasteiger partial charge is 0.459 e. The van der Waals surface area contributed by atoms with Crippen LogP contribution >= 0.6 is 11.8 Å². The van der Waals surface area contributed by atoms with E-state index in [1.807, 2.05) is 51.1 Å². The fourth-order valence-corrected chi connectivity index (χ4v) is 5.65. The number of hydrogen-bond donors (Lipinski definition) is 0. The van der Waals surface area contributed by atoms with E-state index in [-0.39, 0.29) is 43.0 Å². The van der Waals surface area contributed by atoms with E-state index in [9.17, 15) is 24.5 Å². The lowest BCUT2D eigenvalue weighted by molar-refractivity contribution is -0.959. The number of nitrogens with zero attached hydrogens (tertiary/aromatic N) is 3. The van der Waals surface area contributed by atoms with Crippen LogP contribution in [-0.2, 0) is 25.7 Å². The van der Waals surface area contributed by atoms with Gasteiger partial charge in [0.05, 0.1) is 31.0 Å². The van der Waals surface area contributed by atoms with E-state index in [1.54, 1.807) is 0 Å². The second-order valence-electron chi connectivity index (χ2n) is 8.96. The zero-order valence-electron chi connectivity index (χ0n) is 21.5. The molecule has 0 radical (unpaired) electrons. The fourth-order valence-electron chi connectivity index (χ4n) is 4.76. The Morgan fingerprint density at radius 3 is 2.24 bits per heavy atom. The van der Waals surface area contributed by atoms with Gasteiger partial charge >= 0.3 is 5.97 Å². The van der Waals surface area contributed by atoms with Crippen molar-refractivity contribution < 1.29 is 28.5 Å². The monoisotopic (exact) mass is 528 g/mol. The molecule has 0 aliphatic carbocycles. The van der Waals surface area contributed by atoms with Crippen molar-refractivity contribution in [2.75, 3.05) is 25.4 Å². The molecule has 3 rings (SSSR count). The lowest BCUT2D eigenvalue weighted by atomic mass is 9.97. The van der Waals surface area contributed by atoms with Crippen LogP contribution in [0.4, 0.5) is 5.69 Å². The molecule has 1 amide bonds. The SMILES string of the molecule is CC[N+](CC)(CC)C1CC(=O)N1C(C(=O)CCSc1ccccc1)C(=O)OCc1ccc([N+](=O)[O-])cc1. The van der Waals surface area contributed by atoms with Gasteiger partial charge in [-0.2, -0.15) is 0 Å². The third kappa shape index (κ3) is 6.56. The summed E-state index contributed by atoms with van der Waals surface area (Å²) in [5, 5.41) is 10.9. The maximum atomic E-state index is 13.4. The van der Waals surface area contributed by atoms with Crippen molar-refractivity contribution in [3.63, 3.8) is 0 Å². The van der Waals surface area contributed by atoms with Crippen molar-refractivity contribution >= 4 is 35.1 Å². The summed E-state index contributed by atoms with van der Waals surface area (Å²) in [6.07, 6.45) is 0.126. The van der Waals surface area contributed by atoms with Gasteiger partial charge in [0.25, 0.3) is 5.69 Å². The van der Waals surface area contributed by atoms with Crippen molar-refractivity contribution in [3.05, 3.63) is 70.3 Å². The van der Waals surface area contributed by atoms with Gasteiger partial charge in [-0.3, -0.25) is 24.6 Å². The molecule has 0 N–H and O–H groups in total. The highest BCUT2D eigenvalue weighted by Crippen LogP contribution is 2.33. The summed E-state index contributed by atoms with van der Waals surface area (Å²) in [7, 11) is 0. The molecule has 9 nitrogen and oxygen atoms in total. The van der Waals surface area contributed by atoms with Gasteiger partial charge < -0.3 is 9.22 Å². The molecule has 0 saturated carbocycles. The smallest absolute Gasteiger partial charge is 0.337 e. The molecule has 1 heterocycles. The molecule has 1 aliphatic rings. The molecule has 10 heteroatoms. The highest BCUT2D eigenvalue weighted by atomic mass is 32.2. The highest BCUT2D eigenvalue weighted by Gasteiger charge is 2.55. The maximum absolute atomic E-state index is 13.4. The number of amides is 1. The Kier molecular flexibility index (Phi) is 9.82. The molecule has 37 heavy (non-hydrogen) atoms. The van der Waals surface area contributed by atoms with Crippen LogP contribution in [0.3, 0.4) is 0 Å². The Labute approximate surface area is 221 Å². The first-order valence-electron chi connectivity index (χ1n) is 12.5. The minimum Gasteiger partial charge on any atom is -0.459 e. The minimum absolute atomic E-state index is 0.0686. The van der Waals surface area contributed by atoms with E-state index in [1.165, 1.54) is 40.9 Å². The second kappa shape index (κ2) is 12.8. The first-order chi connectivity index (χ1) is 17.8. The number of thioether (sulfide) groups is 1. The number of esters is 1. The molecule has 0 spiro atoms. The van der Waals surface area contributed by atoms with Crippen LogP contribution in [0.1, 0.15) is 39.2 Å². The third-order valence-corrected chi connectivity index (χ3v) is 8.20. The number of ether oxygens (including phenoxy) is 1. The number of rotatable bonds is 14. The lowest BCUT2D eigenvalue weighted by Gasteiger charge is -2.53. The number of Topliss-reactive ketones (excluding diaryl/α,β-unsaturated/α-hetero) is 1. The van der Waals surface area contributed by atoms with Crippen molar-refractivity contribution in [2.45, 2.75) is 57.3 Å². The van der Waals surface area contributed by atoms with Crippen LogP contribution in [0, 0.1) is 10.1 Å². The van der Waals surface area contributed by atoms with E-state index in [0.717, 1.165) is 24.5 Å². The molecule has 0 aromatic heterocycles. The van der Waals surface area contributed by atoms with E-state index in [0.29, 0.717) is 15.8 Å². The molecule has 2 atom stereocenters. The lowest BCUT2D eigenvalue weighted by Crippen LogP contribution is -2.74. The van der Waals surface area contributed by atoms with Crippen LogP contribution in [-0.4, -0.2) is 69.6 Å². The van der Waals surface area contributed by atoms with Crippen LogP contribution in [0.5, 0.6) is 0 Å². The number of likely N-dealkylation sites (tertiary alicyclic amines) is 1. The minimum atomic E-state index is -1.32. The number of nitro benzene ring substituents is 1. The molecular weight excluding hydrogens is 494 g/mol. The highest BCUT2D eigenvalue weighted by molar-refractivity contribution is 7.99. The Hall–Kier alpha value is -3.24. The number of quaternary nitrogens is 1. The molecule has 1 fully saturated rings. The van der Waals surface area contributed by atoms with Gasteiger partial charge in [-0.05, 0) is 50.6 Å². The molecule has 2 aromatic rings. The van der Waals surface area contributed by atoms with E-state index in [4.69, 9.17) is 4.74 Å². The molecule has 2 aromatic carbocycles. The van der Waals surface area contributed by atoms with Crippen LogP contribution < -0.4 is 0 Å². The molecule has 1 saturated heterocycles. The first kappa shape index (κ1) is 28.3. The summed E-state index contributed by atoms with van der Waals surface area (Å²) in [5.41, 5.74) is 0.484. The fraction of sp³-hybridized carbons (Fsp3) is 0.444. The van der Waals surface area contributed by atoms with E-state index >= 15 is 0 Å². The molecule has 2 unspecified atom stereocenters. The third-order valence-electron chi connectivity index (χ3n) is 7.18. The molecular formula is C27H34N3O6S+. The number of nitro groups is 1. The van der Waals surface area contributed by atoms with Gasteiger partial charge in [0.15, 0.2) is 18.0 Å². The first-order valence-corrected chi connectivity index (χ1v) is 13.5. The zero-order chi connectivity index (χ0) is 27.0. The average molecular weight is 529 g/mol. The van der Waals surface area contributed by atoms with Crippen LogP contribution in [0.2, 0.25) is 0 Å². The summed E-state index contributed by atoms with van der Waals surface area (Å²) >= 11 is 1.51. The number of hydrogen-bond acceptors (Lipinski definition) is 7. The average Bonchev–Trinajstić information content (AvgIpc) is 2.91. The van der Waals surface area contributed by atoms with Gasteiger partial charge in [-0.15, -0.1) is 11.8 Å². The Morgan fingerprint density at radius 1 is 1.08 bits per heavy atom. The summed E-state index contributed by atoms with van der Waals surface area (Å²) in [5.74, 6) is -0.884. The molecule has 0 bridgehead atoms. The van der Waals surface area contributed by atoms with Gasteiger partial charge in [0, 0.05) is 29.2 Å². The topological polar surface area (TPSA) is 107 Å². The van der Waals surface area contributed by atoms with E-state index in [2.05, 4.69) is 0 Å². The standard InChI is InChI=1S/C27H34N3O6S/c1-4-30(5-2,6-3)24-18-25(32)28(24)26(23(31)16-17-37-22-10-8-7-9-11-22)27(33)36-19-20-12-14-21(15-13-20)29(34)35/h7-15,24,26H,4-6,16-19H2,1-3H3/q+1. The Morgan fingerprint density at radius 2 is 1.70 bits per heavy atom. The number of β-lactam (4-membered cyclic amide) rings is 1. The van der Waals surface area contributed by atoms with Gasteiger partial charge in [0.1, 0.15) is 6.61 Å². The van der Waals surface area contributed by atoms with Gasteiger partial charge in [-0.1, -0.05) is 18.2 Å². The van der Waals surface area contributed by atoms with Gasteiger partial charge in [0.2, 0.25) is 5.91 Å². The normalized spacial score (nSPS) is 16.1. The van der Waals surface area contributed by atoms with Crippen molar-refractivity contribution in [2.24, 2.45) is 0 Å². The summed E-state index contributed by atoms with van der Waals surface area (Å²) in [4.78, 5) is 52.4. The van der Waals surface area contributed by atoms with Crippen LogP contribution in [0.15, 0.2) is 59.5 Å². The van der Waals surface area contributed by atoms with Crippen molar-refractivity contribution in [1.82, 2.24) is 4.90 Å². The Balaban J connectivity index is 1.78. The maximum Gasteiger partial charge on any atom is 0.337 e. The van der Waals surface area contributed by atoms with Crippen molar-refractivity contribution in [1.29, 1.82) is 0 Å². The summed E-state index contributed by atoms with van der Waals surface area (Å²) in [6.45, 7) is 8.30. The summed E-state index contributed by atoms with van der Waals surface area (Å²) < 4.78 is 6.11. The number of carbonyl (C=O) groups excluding carboxylic acids is 3. The molecule has 198 valence electrons. The van der Waals surface area contributed by atoms with Crippen LogP contribution in [0.25, 0.3) is 0 Å². The summed E-state index contributed by atoms with van der Waals surface area (Å²) in [6, 6.07) is 14.0. The number of non-ortho nitro benzene ring substituents is 1. The zero-order valence-corrected chi connectivity index (χ0v) is 22.3.